The summed E-state index contributed by atoms with van der Waals surface area (Å²) in [6.07, 6.45) is 4.38. The Morgan fingerprint density at radius 1 is 1.31 bits per heavy atom. The highest BCUT2D eigenvalue weighted by molar-refractivity contribution is 5.93. The van der Waals surface area contributed by atoms with Gasteiger partial charge in [0.1, 0.15) is 6.33 Å². The molecule has 1 aromatic heterocycles. The molecule has 1 amide bonds. The lowest BCUT2D eigenvalue weighted by Gasteiger charge is -2.20. The van der Waals surface area contributed by atoms with Crippen molar-refractivity contribution in [3.8, 4) is 0 Å². The third kappa shape index (κ3) is 3.19. The average molecular weight is 179 g/mol. The van der Waals surface area contributed by atoms with E-state index in [1.54, 1.807) is 0 Å². The molecule has 0 aliphatic heterocycles. The number of carbonyl (C=O) groups excluding carboxylic acids is 1. The summed E-state index contributed by atoms with van der Waals surface area (Å²) in [5, 5.41) is 2.82. The van der Waals surface area contributed by atoms with Crippen molar-refractivity contribution in [3.05, 3.63) is 24.3 Å². The minimum atomic E-state index is -0.229. The van der Waals surface area contributed by atoms with E-state index >= 15 is 0 Å². The molecule has 4 heteroatoms. The van der Waals surface area contributed by atoms with Crippen molar-refractivity contribution in [3.63, 3.8) is 0 Å². The van der Waals surface area contributed by atoms with Gasteiger partial charge in [-0.05, 0) is 20.8 Å². The van der Waals surface area contributed by atoms with Crippen molar-refractivity contribution in [1.82, 2.24) is 15.3 Å². The fraction of sp³-hybridized carbons (Fsp3) is 0.444. The number of nitrogens with one attached hydrogen (secondary N) is 1. The quantitative estimate of drug-likeness (QED) is 0.699. The smallest absolute Gasteiger partial charge is 0.254 e. The van der Waals surface area contributed by atoms with Crippen LogP contribution in [0.4, 0.5) is 0 Å². The van der Waals surface area contributed by atoms with Gasteiger partial charge in [-0.2, -0.15) is 0 Å². The number of amides is 1. The molecule has 4 nitrogen and oxygen atoms in total. The Balaban J connectivity index is 2.71. The number of hydrogen-bond donors (Lipinski definition) is 1. The summed E-state index contributed by atoms with van der Waals surface area (Å²) in [5.74, 6) is -0.145. The van der Waals surface area contributed by atoms with Gasteiger partial charge < -0.3 is 5.32 Å². The van der Waals surface area contributed by atoms with Crippen LogP contribution in [0.3, 0.4) is 0 Å². The second-order valence-corrected chi connectivity index (χ2v) is 3.83. The molecule has 0 aromatic carbocycles. The monoisotopic (exact) mass is 179 g/mol. The number of rotatable bonds is 1. The number of aromatic nitrogens is 2. The van der Waals surface area contributed by atoms with Crippen LogP contribution in [0.1, 0.15) is 31.1 Å². The van der Waals surface area contributed by atoms with Gasteiger partial charge in [0.25, 0.3) is 5.91 Å². The maximum absolute atomic E-state index is 11.5. The van der Waals surface area contributed by atoms with Crippen molar-refractivity contribution in [2.45, 2.75) is 26.3 Å². The van der Waals surface area contributed by atoms with E-state index in [1.165, 1.54) is 18.7 Å². The van der Waals surface area contributed by atoms with Gasteiger partial charge in [-0.3, -0.25) is 4.79 Å². The largest absolute Gasteiger partial charge is 0.347 e. The number of carbonyl (C=O) groups is 1. The van der Waals surface area contributed by atoms with Crippen LogP contribution < -0.4 is 5.32 Å². The molecule has 0 atom stereocenters. The molecular formula is C9H13N3O. The third-order valence-electron chi connectivity index (χ3n) is 1.31. The maximum atomic E-state index is 11.5. The average Bonchev–Trinajstić information content (AvgIpc) is 2.03. The molecule has 0 aliphatic carbocycles. The molecule has 0 spiro atoms. The van der Waals surface area contributed by atoms with Gasteiger partial charge in [0.05, 0.1) is 5.56 Å². The van der Waals surface area contributed by atoms with E-state index in [9.17, 15) is 4.79 Å². The van der Waals surface area contributed by atoms with Crippen LogP contribution in [0, 0.1) is 0 Å². The standard InChI is InChI=1S/C9H13N3O/c1-9(2,3)12-8(13)7-4-10-6-11-5-7/h4-6H,1-3H3,(H,12,13). The maximum Gasteiger partial charge on any atom is 0.254 e. The number of nitrogens with zero attached hydrogens (tertiary/aromatic N) is 2. The molecule has 1 heterocycles. The second kappa shape index (κ2) is 3.51. The first kappa shape index (κ1) is 9.64. The van der Waals surface area contributed by atoms with Crippen LogP contribution in [-0.4, -0.2) is 21.4 Å². The lowest BCUT2D eigenvalue weighted by atomic mass is 10.1. The molecule has 0 saturated heterocycles. The minimum absolute atomic E-state index is 0.145. The predicted octanol–water partition coefficient (Wildman–Crippen LogP) is 1.00. The van der Waals surface area contributed by atoms with Crippen molar-refractivity contribution in [1.29, 1.82) is 0 Å². The van der Waals surface area contributed by atoms with E-state index in [0.717, 1.165) is 0 Å². The molecular weight excluding hydrogens is 166 g/mol. The Labute approximate surface area is 77.4 Å². The predicted molar refractivity (Wildman–Crippen MR) is 49.3 cm³/mol. The van der Waals surface area contributed by atoms with Crippen molar-refractivity contribution >= 4 is 5.91 Å². The first-order valence-corrected chi connectivity index (χ1v) is 4.06. The Bertz CT molecular complexity index is 289. The molecule has 0 unspecified atom stereocenters. The van der Waals surface area contributed by atoms with E-state index in [4.69, 9.17) is 0 Å². The first-order valence-electron chi connectivity index (χ1n) is 4.06. The van der Waals surface area contributed by atoms with Gasteiger partial charge in [0.2, 0.25) is 0 Å². The molecule has 0 bridgehead atoms. The van der Waals surface area contributed by atoms with Crippen LogP contribution in [0.15, 0.2) is 18.7 Å². The lowest BCUT2D eigenvalue weighted by Crippen LogP contribution is -2.40. The van der Waals surface area contributed by atoms with Crippen molar-refractivity contribution in [2.75, 3.05) is 0 Å². The Kier molecular flexibility index (Phi) is 2.60. The van der Waals surface area contributed by atoms with E-state index in [-0.39, 0.29) is 11.4 Å². The summed E-state index contributed by atoms with van der Waals surface area (Å²) in [6, 6.07) is 0. The summed E-state index contributed by atoms with van der Waals surface area (Å²) >= 11 is 0. The van der Waals surface area contributed by atoms with E-state index < -0.39 is 0 Å². The fourth-order valence-corrected chi connectivity index (χ4v) is 0.829. The zero-order valence-corrected chi connectivity index (χ0v) is 8.03. The first-order chi connectivity index (χ1) is 5.99. The number of hydrogen-bond acceptors (Lipinski definition) is 3. The van der Waals surface area contributed by atoms with Gasteiger partial charge in [0.15, 0.2) is 0 Å². The molecule has 0 aliphatic rings. The normalized spacial score (nSPS) is 11.0. The van der Waals surface area contributed by atoms with Crippen LogP contribution in [-0.2, 0) is 0 Å². The molecule has 0 radical (unpaired) electrons. The highest BCUT2D eigenvalue weighted by Gasteiger charge is 2.14. The van der Waals surface area contributed by atoms with Gasteiger partial charge >= 0.3 is 0 Å². The zero-order valence-electron chi connectivity index (χ0n) is 8.03. The highest BCUT2D eigenvalue weighted by atomic mass is 16.1. The molecule has 0 saturated carbocycles. The summed E-state index contributed by atoms with van der Waals surface area (Å²) in [7, 11) is 0. The third-order valence-corrected chi connectivity index (χ3v) is 1.31. The van der Waals surface area contributed by atoms with Crippen LogP contribution in [0.5, 0.6) is 0 Å². The molecule has 70 valence electrons. The SMILES string of the molecule is CC(C)(C)NC(=O)c1cncnc1. The van der Waals surface area contributed by atoms with E-state index in [0.29, 0.717) is 5.56 Å². The topological polar surface area (TPSA) is 54.9 Å². The van der Waals surface area contributed by atoms with Crippen LogP contribution >= 0.6 is 0 Å². The summed E-state index contributed by atoms with van der Waals surface area (Å²) in [4.78, 5) is 19.0. The summed E-state index contributed by atoms with van der Waals surface area (Å²) < 4.78 is 0. The molecule has 0 fully saturated rings. The Morgan fingerprint density at radius 3 is 2.31 bits per heavy atom. The molecule has 13 heavy (non-hydrogen) atoms. The van der Waals surface area contributed by atoms with Crippen molar-refractivity contribution < 1.29 is 4.79 Å². The summed E-state index contributed by atoms with van der Waals surface area (Å²) in [5.41, 5.74) is 0.254. The minimum Gasteiger partial charge on any atom is -0.347 e. The van der Waals surface area contributed by atoms with Gasteiger partial charge in [0, 0.05) is 17.9 Å². The lowest BCUT2D eigenvalue weighted by molar-refractivity contribution is 0.0919. The molecule has 1 rings (SSSR count). The Morgan fingerprint density at radius 2 is 1.85 bits per heavy atom. The zero-order chi connectivity index (χ0) is 9.90. The Hall–Kier alpha value is -1.45. The van der Waals surface area contributed by atoms with Crippen LogP contribution in [0.2, 0.25) is 0 Å². The van der Waals surface area contributed by atoms with Crippen molar-refractivity contribution in [2.24, 2.45) is 0 Å². The second-order valence-electron chi connectivity index (χ2n) is 3.83. The fourth-order valence-electron chi connectivity index (χ4n) is 0.829. The van der Waals surface area contributed by atoms with Gasteiger partial charge in [-0.15, -0.1) is 0 Å². The van der Waals surface area contributed by atoms with Gasteiger partial charge in [-0.25, -0.2) is 9.97 Å². The molecule has 1 aromatic rings. The highest BCUT2D eigenvalue weighted by Crippen LogP contribution is 2.01. The molecule has 1 N–H and O–H groups in total. The van der Waals surface area contributed by atoms with Gasteiger partial charge in [-0.1, -0.05) is 0 Å². The van der Waals surface area contributed by atoms with Crippen LogP contribution in [0.25, 0.3) is 0 Å². The van der Waals surface area contributed by atoms with E-state index in [1.807, 2.05) is 20.8 Å². The summed E-state index contributed by atoms with van der Waals surface area (Å²) in [6.45, 7) is 5.78. The van der Waals surface area contributed by atoms with E-state index in [2.05, 4.69) is 15.3 Å².